The number of methoxy groups -OCH3 is 1. The number of nitrogens with zero attached hydrogens (tertiary/aromatic N) is 1. The van der Waals surface area contributed by atoms with E-state index in [4.69, 9.17) is 10.5 Å². The maximum Gasteiger partial charge on any atom is 0.412 e. The van der Waals surface area contributed by atoms with Crippen LogP contribution in [0.4, 0.5) is 18.9 Å². The highest BCUT2D eigenvalue weighted by Crippen LogP contribution is 2.31. The molecule has 0 atom stereocenters. The van der Waals surface area contributed by atoms with Crippen LogP contribution >= 0.6 is 0 Å². The van der Waals surface area contributed by atoms with Crippen LogP contribution in [0, 0.1) is 0 Å². The number of benzene rings is 1. The number of hydrogen-bond acceptors (Lipinski definition) is 3. The number of carbonyl (C=O) groups excluding carboxylic acids is 1. The second kappa shape index (κ2) is 5.67. The van der Waals surface area contributed by atoms with Crippen LogP contribution < -0.4 is 10.5 Å². The van der Waals surface area contributed by atoms with Gasteiger partial charge in [-0.05, 0) is 24.6 Å². The van der Waals surface area contributed by atoms with Crippen LogP contribution in [0.15, 0.2) is 29.8 Å². The number of nitrogens with two attached hydrogens (primary N) is 1. The van der Waals surface area contributed by atoms with Gasteiger partial charge in [0, 0.05) is 24.4 Å². The van der Waals surface area contributed by atoms with Crippen LogP contribution in [-0.2, 0) is 0 Å². The van der Waals surface area contributed by atoms with Gasteiger partial charge in [0.1, 0.15) is 5.75 Å². The van der Waals surface area contributed by atoms with Gasteiger partial charge in [0.05, 0.1) is 12.7 Å². The third-order valence-electron chi connectivity index (χ3n) is 3.31. The van der Waals surface area contributed by atoms with Gasteiger partial charge in [-0.1, -0.05) is 6.08 Å². The van der Waals surface area contributed by atoms with Crippen LogP contribution in [0.5, 0.6) is 5.75 Å². The van der Waals surface area contributed by atoms with E-state index in [0.717, 1.165) is 6.08 Å². The summed E-state index contributed by atoms with van der Waals surface area (Å²) in [6, 6.07) is 4.61. The average molecular weight is 300 g/mol. The molecule has 21 heavy (non-hydrogen) atoms. The van der Waals surface area contributed by atoms with Gasteiger partial charge in [-0.2, -0.15) is 13.2 Å². The minimum atomic E-state index is -4.33. The number of alkyl halides is 3. The lowest BCUT2D eigenvalue weighted by molar-refractivity contribution is -0.0957. The molecule has 1 aliphatic rings. The molecule has 114 valence electrons. The number of anilines is 1. The predicted molar refractivity (Wildman–Crippen MR) is 72.1 cm³/mol. The number of amides is 1. The van der Waals surface area contributed by atoms with Gasteiger partial charge in [-0.15, -0.1) is 0 Å². The fraction of sp³-hybridized carbons (Fsp3) is 0.357. The molecule has 4 nitrogen and oxygen atoms in total. The molecule has 0 fully saturated rings. The minimum absolute atomic E-state index is 0.0160. The zero-order valence-corrected chi connectivity index (χ0v) is 11.4. The van der Waals surface area contributed by atoms with E-state index in [1.807, 2.05) is 0 Å². The molecular weight excluding hydrogens is 285 g/mol. The average Bonchev–Trinajstić information content (AvgIpc) is 2.45. The molecule has 0 bridgehead atoms. The largest absolute Gasteiger partial charge is 0.496 e. The Bertz CT molecular complexity index is 582. The Balaban J connectivity index is 2.20. The molecule has 1 amide bonds. The highest BCUT2D eigenvalue weighted by atomic mass is 19.4. The van der Waals surface area contributed by atoms with Crippen LogP contribution in [-0.4, -0.2) is 37.2 Å². The van der Waals surface area contributed by atoms with Crippen molar-refractivity contribution in [1.82, 2.24) is 4.90 Å². The number of hydrogen-bond donors (Lipinski definition) is 1. The van der Waals surface area contributed by atoms with E-state index in [0.29, 0.717) is 11.4 Å². The third kappa shape index (κ3) is 3.29. The minimum Gasteiger partial charge on any atom is -0.496 e. The summed E-state index contributed by atoms with van der Waals surface area (Å²) in [5, 5.41) is 0. The van der Waals surface area contributed by atoms with Crippen molar-refractivity contribution >= 4 is 11.6 Å². The van der Waals surface area contributed by atoms with E-state index in [-0.39, 0.29) is 25.1 Å². The van der Waals surface area contributed by atoms with Crippen LogP contribution in [0.2, 0.25) is 0 Å². The molecule has 2 N–H and O–H groups in total. The van der Waals surface area contributed by atoms with E-state index in [1.54, 1.807) is 12.1 Å². The van der Waals surface area contributed by atoms with Crippen molar-refractivity contribution in [2.24, 2.45) is 0 Å². The zero-order chi connectivity index (χ0) is 15.6. The summed E-state index contributed by atoms with van der Waals surface area (Å²) < 4.78 is 42.8. The van der Waals surface area contributed by atoms with Gasteiger partial charge in [0.25, 0.3) is 5.91 Å². The summed E-state index contributed by atoms with van der Waals surface area (Å²) in [6.07, 6.45) is -3.50. The molecule has 0 saturated heterocycles. The van der Waals surface area contributed by atoms with Crippen molar-refractivity contribution < 1.29 is 22.7 Å². The maximum absolute atomic E-state index is 12.6. The fourth-order valence-corrected chi connectivity index (χ4v) is 2.17. The number of halogens is 3. The lowest BCUT2D eigenvalue weighted by Crippen LogP contribution is -2.37. The van der Waals surface area contributed by atoms with Crippen molar-refractivity contribution in [2.45, 2.75) is 12.6 Å². The first-order chi connectivity index (χ1) is 9.82. The second-order valence-electron chi connectivity index (χ2n) is 4.69. The van der Waals surface area contributed by atoms with E-state index in [9.17, 15) is 18.0 Å². The lowest BCUT2D eigenvalue weighted by Gasteiger charge is -2.27. The molecule has 0 radical (unpaired) electrons. The summed E-state index contributed by atoms with van der Waals surface area (Å²) in [5.41, 5.74) is 5.69. The highest BCUT2D eigenvalue weighted by Gasteiger charge is 2.35. The Morgan fingerprint density at radius 3 is 2.62 bits per heavy atom. The molecule has 0 saturated carbocycles. The van der Waals surface area contributed by atoms with Gasteiger partial charge in [-0.25, -0.2) is 0 Å². The van der Waals surface area contributed by atoms with Crippen molar-refractivity contribution in [2.75, 3.05) is 25.9 Å². The molecular formula is C14H15F3N2O2. The van der Waals surface area contributed by atoms with Gasteiger partial charge in [-0.3, -0.25) is 4.79 Å². The molecule has 1 heterocycles. The van der Waals surface area contributed by atoms with E-state index < -0.39 is 17.7 Å². The first-order valence-electron chi connectivity index (χ1n) is 6.32. The Morgan fingerprint density at radius 1 is 1.38 bits per heavy atom. The SMILES string of the molecule is COc1ccc(N)cc1C(=O)N1CC=C(C(F)(F)F)CC1. The number of carbonyl (C=O) groups is 1. The molecule has 1 aromatic rings. The third-order valence-corrected chi connectivity index (χ3v) is 3.31. The summed E-state index contributed by atoms with van der Waals surface area (Å²) in [5.74, 6) is -0.0450. The van der Waals surface area contributed by atoms with E-state index >= 15 is 0 Å². The van der Waals surface area contributed by atoms with Gasteiger partial charge >= 0.3 is 6.18 Å². The first-order valence-corrected chi connectivity index (χ1v) is 6.32. The molecule has 0 spiro atoms. The topological polar surface area (TPSA) is 55.6 Å². The molecule has 0 aliphatic carbocycles. The first kappa shape index (κ1) is 15.2. The fourth-order valence-electron chi connectivity index (χ4n) is 2.17. The quantitative estimate of drug-likeness (QED) is 0.675. The normalized spacial score (nSPS) is 15.6. The molecule has 1 aliphatic heterocycles. The predicted octanol–water partition coefficient (Wildman–Crippen LogP) is 2.61. The van der Waals surface area contributed by atoms with Crippen molar-refractivity contribution in [3.63, 3.8) is 0 Å². The zero-order valence-electron chi connectivity index (χ0n) is 11.4. The molecule has 2 rings (SSSR count). The van der Waals surface area contributed by atoms with Crippen LogP contribution in [0.25, 0.3) is 0 Å². The molecule has 7 heteroatoms. The number of nitrogen functional groups attached to an aromatic ring is 1. The van der Waals surface area contributed by atoms with Gasteiger partial charge in [0.2, 0.25) is 0 Å². The second-order valence-corrected chi connectivity index (χ2v) is 4.69. The van der Waals surface area contributed by atoms with Crippen LogP contribution in [0.3, 0.4) is 0 Å². The van der Waals surface area contributed by atoms with Crippen LogP contribution in [0.1, 0.15) is 16.8 Å². The Labute approximate surface area is 120 Å². The van der Waals surface area contributed by atoms with Crippen molar-refractivity contribution in [3.8, 4) is 5.75 Å². The summed E-state index contributed by atoms with van der Waals surface area (Å²) in [7, 11) is 1.42. The molecule has 1 aromatic carbocycles. The summed E-state index contributed by atoms with van der Waals surface area (Å²) in [4.78, 5) is 13.7. The van der Waals surface area contributed by atoms with E-state index in [1.165, 1.54) is 18.1 Å². The van der Waals surface area contributed by atoms with Crippen molar-refractivity contribution in [1.29, 1.82) is 0 Å². The monoisotopic (exact) mass is 300 g/mol. The summed E-state index contributed by atoms with van der Waals surface area (Å²) in [6.45, 7) is -0.0617. The smallest absolute Gasteiger partial charge is 0.412 e. The Morgan fingerprint density at radius 2 is 2.10 bits per heavy atom. The van der Waals surface area contributed by atoms with Crippen molar-refractivity contribution in [3.05, 3.63) is 35.4 Å². The highest BCUT2D eigenvalue weighted by molar-refractivity contribution is 5.98. The van der Waals surface area contributed by atoms with Gasteiger partial charge < -0.3 is 15.4 Å². The Hall–Kier alpha value is -2.18. The standard InChI is InChI=1S/C14H15F3N2O2/c1-21-12-3-2-10(18)8-11(12)13(20)19-6-4-9(5-7-19)14(15,16)17/h2-4,8H,5-7,18H2,1H3. The van der Waals surface area contributed by atoms with E-state index in [2.05, 4.69) is 0 Å². The number of rotatable bonds is 2. The van der Waals surface area contributed by atoms with Gasteiger partial charge in [0.15, 0.2) is 0 Å². The summed E-state index contributed by atoms with van der Waals surface area (Å²) >= 11 is 0. The molecule has 0 unspecified atom stereocenters. The number of ether oxygens (including phenoxy) is 1. The lowest BCUT2D eigenvalue weighted by atomic mass is 10.1. The maximum atomic E-state index is 12.6. The Kier molecular flexibility index (Phi) is 4.11. The molecule has 0 aromatic heterocycles.